The van der Waals surface area contributed by atoms with E-state index in [2.05, 4.69) is 4.90 Å². The SMILES string of the molecule is CC(=O)CN1CCN(C(=O)c2ccc(-n3cccc3)cc2)CC1. The smallest absolute Gasteiger partial charge is 0.253 e. The second kappa shape index (κ2) is 6.79. The molecule has 0 unspecified atom stereocenters. The molecule has 120 valence electrons. The lowest BCUT2D eigenvalue weighted by Gasteiger charge is -2.34. The first-order valence-electron chi connectivity index (χ1n) is 7.88. The summed E-state index contributed by atoms with van der Waals surface area (Å²) in [4.78, 5) is 27.7. The van der Waals surface area contributed by atoms with E-state index in [0.717, 1.165) is 18.8 Å². The summed E-state index contributed by atoms with van der Waals surface area (Å²) in [5.41, 5.74) is 1.75. The molecular weight excluding hydrogens is 290 g/mol. The molecule has 0 N–H and O–H groups in total. The van der Waals surface area contributed by atoms with Gasteiger partial charge in [0.05, 0.1) is 6.54 Å². The van der Waals surface area contributed by atoms with Gasteiger partial charge in [0, 0.05) is 49.8 Å². The fourth-order valence-electron chi connectivity index (χ4n) is 2.89. The Bertz CT molecular complexity index is 669. The van der Waals surface area contributed by atoms with Crippen LogP contribution in [0.4, 0.5) is 0 Å². The number of aromatic nitrogens is 1. The van der Waals surface area contributed by atoms with Gasteiger partial charge in [-0.05, 0) is 43.3 Å². The first-order valence-corrected chi connectivity index (χ1v) is 7.88. The molecule has 1 saturated heterocycles. The number of hydrogen-bond donors (Lipinski definition) is 0. The Hall–Kier alpha value is -2.40. The summed E-state index contributed by atoms with van der Waals surface area (Å²) in [6.45, 7) is 4.94. The number of piperazine rings is 1. The Morgan fingerprint density at radius 3 is 2.13 bits per heavy atom. The molecule has 2 heterocycles. The van der Waals surface area contributed by atoms with Crippen LogP contribution in [0.25, 0.3) is 5.69 Å². The quantitative estimate of drug-likeness (QED) is 0.865. The zero-order valence-corrected chi connectivity index (χ0v) is 13.3. The van der Waals surface area contributed by atoms with E-state index in [4.69, 9.17) is 0 Å². The summed E-state index contributed by atoms with van der Waals surface area (Å²) < 4.78 is 2.01. The zero-order valence-electron chi connectivity index (χ0n) is 13.3. The summed E-state index contributed by atoms with van der Waals surface area (Å²) in [6.07, 6.45) is 3.95. The summed E-state index contributed by atoms with van der Waals surface area (Å²) in [5, 5.41) is 0. The number of carbonyl (C=O) groups excluding carboxylic acids is 2. The highest BCUT2D eigenvalue weighted by molar-refractivity contribution is 5.94. The summed E-state index contributed by atoms with van der Waals surface area (Å²) in [7, 11) is 0. The van der Waals surface area contributed by atoms with E-state index in [1.54, 1.807) is 6.92 Å². The van der Waals surface area contributed by atoms with Crippen molar-refractivity contribution < 1.29 is 9.59 Å². The average Bonchev–Trinajstić information content (AvgIpc) is 3.09. The Labute approximate surface area is 136 Å². The van der Waals surface area contributed by atoms with E-state index in [0.29, 0.717) is 25.2 Å². The minimum atomic E-state index is 0.0616. The summed E-state index contributed by atoms with van der Waals surface area (Å²) >= 11 is 0. The van der Waals surface area contributed by atoms with E-state index in [1.165, 1.54) is 0 Å². The van der Waals surface area contributed by atoms with Gasteiger partial charge >= 0.3 is 0 Å². The summed E-state index contributed by atoms with van der Waals surface area (Å²) in [5.74, 6) is 0.233. The van der Waals surface area contributed by atoms with Crippen LogP contribution in [0.5, 0.6) is 0 Å². The van der Waals surface area contributed by atoms with Crippen LogP contribution in [-0.4, -0.2) is 58.8 Å². The van der Waals surface area contributed by atoms with E-state index in [9.17, 15) is 9.59 Å². The molecule has 1 aliphatic heterocycles. The van der Waals surface area contributed by atoms with Gasteiger partial charge < -0.3 is 9.47 Å². The lowest BCUT2D eigenvalue weighted by atomic mass is 10.1. The first-order chi connectivity index (χ1) is 11.1. The molecule has 2 aromatic rings. The third-order valence-electron chi connectivity index (χ3n) is 4.12. The van der Waals surface area contributed by atoms with Crippen molar-refractivity contribution in [2.75, 3.05) is 32.7 Å². The van der Waals surface area contributed by atoms with Crippen molar-refractivity contribution in [2.45, 2.75) is 6.92 Å². The maximum absolute atomic E-state index is 12.6. The van der Waals surface area contributed by atoms with Gasteiger partial charge in [0.25, 0.3) is 5.91 Å². The number of rotatable bonds is 4. The third-order valence-corrected chi connectivity index (χ3v) is 4.12. The fraction of sp³-hybridized carbons (Fsp3) is 0.333. The van der Waals surface area contributed by atoms with Crippen LogP contribution in [0, 0.1) is 0 Å². The molecule has 1 aromatic carbocycles. The Balaban J connectivity index is 1.61. The van der Waals surface area contributed by atoms with Crippen molar-refractivity contribution in [1.82, 2.24) is 14.4 Å². The van der Waals surface area contributed by atoms with Crippen LogP contribution >= 0.6 is 0 Å². The molecule has 5 nitrogen and oxygen atoms in total. The van der Waals surface area contributed by atoms with Gasteiger partial charge in [0.15, 0.2) is 0 Å². The van der Waals surface area contributed by atoms with Gasteiger partial charge in [-0.25, -0.2) is 0 Å². The van der Waals surface area contributed by atoms with Gasteiger partial charge in [-0.1, -0.05) is 0 Å². The lowest BCUT2D eigenvalue weighted by molar-refractivity contribution is -0.118. The predicted octanol–water partition coefficient (Wildman–Crippen LogP) is 1.82. The highest BCUT2D eigenvalue weighted by atomic mass is 16.2. The molecular formula is C18H21N3O2. The van der Waals surface area contributed by atoms with Gasteiger partial charge in [-0.3, -0.25) is 14.5 Å². The lowest BCUT2D eigenvalue weighted by Crippen LogP contribution is -2.49. The molecule has 1 fully saturated rings. The van der Waals surface area contributed by atoms with Crippen molar-refractivity contribution in [1.29, 1.82) is 0 Å². The molecule has 0 bridgehead atoms. The third kappa shape index (κ3) is 3.68. The van der Waals surface area contributed by atoms with Crippen LogP contribution in [0.15, 0.2) is 48.8 Å². The largest absolute Gasteiger partial charge is 0.336 e. The van der Waals surface area contributed by atoms with Crippen LogP contribution in [0.1, 0.15) is 17.3 Å². The highest BCUT2D eigenvalue weighted by Crippen LogP contribution is 2.13. The van der Waals surface area contributed by atoms with E-state index < -0.39 is 0 Å². The molecule has 1 aliphatic rings. The second-order valence-corrected chi connectivity index (χ2v) is 5.91. The monoisotopic (exact) mass is 311 g/mol. The fourth-order valence-corrected chi connectivity index (χ4v) is 2.89. The summed E-state index contributed by atoms with van der Waals surface area (Å²) in [6, 6.07) is 11.6. The number of benzene rings is 1. The van der Waals surface area contributed by atoms with Crippen molar-refractivity contribution in [2.24, 2.45) is 0 Å². The maximum Gasteiger partial charge on any atom is 0.253 e. The first kappa shape index (κ1) is 15.5. The Morgan fingerprint density at radius 1 is 0.957 bits per heavy atom. The van der Waals surface area contributed by atoms with Crippen LogP contribution < -0.4 is 0 Å². The van der Waals surface area contributed by atoms with E-state index >= 15 is 0 Å². The number of amides is 1. The van der Waals surface area contributed by atoms with Gasteiger partial charge in [0.1, 0.15) is 5.78 Å². The number of Topliss-reactive ketones (excluding diaryl/α,β-unsaturated/α-hetero) is 1. The Kier molecular flexibility index (Phi) is 4.57. The van der Waals surface area contributed by atoms with Crippen molar-refractivity contribution in [3.8, 4) is 5.69 Å². The highest BCUT2D eigenvalue weighted by Gasteiger charge is 2.22. The molecule has 1 aromatic heterocycles. The average molecular weight is 311 g/mol. The minimum Gasteiger partial charge on any atom is -0.336 e. The topological polar surface area (TPSA) is 45.6 Å². The second-order valence-electron chi connectivity index (χ2n) is 5.91. The predicted molar refractivity (Wildman–Crippen MR) is 88.8 cm³/mol. The van der Waals surface area contributed by atoms with E-state index in [-0.39, 0.29) is 11.7 Å². The van der Waals surface area contributed by atoms with Crippen LogP contribution in [-0.2, 0) is 4.79 Å². The minimum absolute atomic E-state index is 0.0616. The maximum atomic E-state index is 12.6. The van der Waals surface area contributed by atoms with E-state index in [1.807, 2.05) is 58.3 Å². The number of hydrogen-bond acceptors (Lipinski definition) is 3. The standard InChI is InChI=1S/C18H21N3O2/c1-15(22)14-19-10-12-21(13-11-19)18(23)16-4-6-17(7-5-16)20-8-2-3-9-20/h2-9H,10-14H2,1H3. The van der Waals surface area contributed by atoms with Gasteiger partial charge in [0.2, 0.25) is 0 Å². The van der Waals surface area contributed by atoms with Crippen molar-refractivity contribution in [3.63, 3.8) is 0 Å². The molecule has 5 heteroatoms. The van der Waals surface area contributed by atoms with Crippen molar-refractivity contribution in [3.05, 3.63) is 54.4 Å². The van der Waals surface area contributed by atoms with Crippen LogP contribution in [0.3, 0.4) is 0 Å². The normalized spacial score (nSPS) is 15.6. The van der Waals surface area contributed by atoms with Crippen LogP contribution in [0.2, 0.25) is 0 Å². The number of carbonyl (C=O) groups is 2. The molecule has 23 heavy (non-hydrogen) atoms. The number of ketones is 1. The molecule has 0 radical (unpaired) electrons. The molecule has 0 aliphatic carbocycles. The zero-order chi connectivity index (χ0) is 16.2. The Morgan fingerprint density at radius 2 is 1.57 bits per heavy atom. The molecule has 0 saturated carbocycles. The van der Waals surface area contributed by atoms with Crippen molar-refractivity contribution >= 4 is 11.7 Å². The molecule has 3 rings (SSSR count). The van der Waals surface area contributed by atoms with Gasteiger partial charge in [-0.2, -0.15) is 0 Å². The molecule has 0 atom stereocenters. The number of nitrogens with zero attached hydrogens (tertiary/aromatic N) is 3. The molecule has 1 amide bonds. The molecule has 0 spiro atoms. The van der Waals surface area contributed by atoms with Gasteiger partial charge in [-0.15, -0.1) is 0 Å².